The van der Waals surface area contributed by atoms with Crippen LogP contribution in [0.2, 0.25) is 5.02 Å². The van der Waals surface area contributed by atoms with Gasteiger partial charge in [-0.05, 0) is 25.0 Å². The van der Waals surface area contributed by atoms with Crippen LogP contribution in [0.1, 0.15) is 23.2 Å². The van der Waals surface area contributed by atoms with Crippen LogP contribution in [-0.4, -0.2) is 48.1 Å². The summed E-state index contributed by atoms with van der Waals surface area (Å²) in [5, 5.41) is 11.4. The lowest BCUT2D eigenvalue weighted by molar-refractivity contribution is -0.385. The molecule has 0 aliphatic carbocycles. The Hall–Kier alpha value is -1.41. The molecule has 0 radical (unpaired) electrons. The number of nitro benzene ring substituents is 1. The van der Waals surface area contributed by atoms with Gasteiger partial charge in [0.1, 0.15) is 5.56 Å². The highest BCUT2D eigenvalue weighted by Crippen LogP contribution is 2.27. The molecular weight excluding hydrogens is 345 g/mol. The first-order chi connectivity index (χ1) is 10.5. The van der Waals surface area contributed by atoms with Gasteiger partial charge in [-0.1, -0.05) is 11.6 Å². The molecule has 1 heterocycles. The Balaban J connectivity index is 0.00000264. The second-order valence-corrected chi connectivity index (χ2v) is 5.63. The first-order valence-electron chi connectivity index (χ1n) is 6.95. The van der Waals surface area contributed by atoms with Crippen LogP contribution in [0, 0.1) is 10.1 Å². The van der Waals surface area contributed by atoms with Crippen molar-refractivity contribution in [1.29, 1.82) is 0 Å². The smallest absolute Gasteiger partial charge is 0.283 e. The Labute approximate surface area is 145 Å². The van der Waals surface area contributed by atoms with E-state index in [-0.39, 0.29) is 47.4 Å². The van der Waals surface area contributed by atoms with E-state index in [0.717, 1.165) is 0 Å². The monoisotopic (exact) mass is 363 g/mol. The number of piperidine rings is 1. The van der Waals surface area contributed by atoms with Crippen molar-refractivity contribution in [2.45, 2.75) is 25.0 Å². The highest BCUT2D eigenvalue weighted by molar-refractivity contribution is 6.31. The minimum atomic E-state index is -0.599. The van der Waals surface area contributed by atoms with Crippen LogP contribution >= 0.6 is 24.0 Å². The molecule has 1 aromatic rings. The number of carbonyl (C=O) groups is 1. The number of hydrogen-bond acceptors (Lipinski definition) is 5. The molecule has 1 amide bonds. The van der Waals surface area contributed by atoms with E-state index in [1.165, 1.54) is 18.2 Å². The SMILES string of the molecule is COC1CCN(C(=O)c2ccc(Cl)cc2[N+](=O)[O-])C(CN)C1.Cl. The summed E-state index contributed by atoms with van der Waals surface area (Å²) in [5.74, 6) is -0.395. The number of ether oxygens (including phenoxy) is 1. The zero-order chi connectivity index (χ0) is 16.3. The minimum absolute atomic E-state index is 0. The second kappa shape index (κ2) is 8.44. The van der Waals surface area contributed by atoms with Gasteiger partial charge in [-0.25, -0.2) is 0 Å². The molecule has 1 aliphatic heterocycles. The summed E-state index contributed by atoms with van der Waals surface area (Å²) in [6.45, 7) is 0.742. The Kier molecular flexibility index (Phi) is 7.21. The maximum absolute atomic E-state index is 12.7. The van der Waals surface area contributed by atoms with Crippen molar-refractivity contribution in [3.63, 3.8) is 0 Å². The number of amides is 1. The minimum Gasteiger partial charge on any atom is -0.381 e. The number of carbonyl (C=O) groups excluding carboxylic acids is 1. The summed E-state index contributed by atoms with van der Waals surface area (Å²) < 4.78 is 5.32. The van der Waals surface area contributed by atoms with Crippen molar-refractivity contribution in [2.24, 2.45) is 5.73 Å². The number of likely N-dealkylation sites (tertiary alicyclic amines) is 1. The van der Waals surface area contributed by atoms with E-state index in [9.17, 15) is 14.9 Å². The molecular formula is C14H19Cl2N3O4. The highest BCUT2D eigenvalue weighted by atomic mass is 35.5. The van der Waals surface area contributed by atoms with E-state index in [0.29, 0.717) is 19.4 Å². The van der Waals surface area contributed by atoms with Crippen molar-refractivity contribution < 1.29 is 14.5 Å². The maximum Gasteiger partial charge on any atom is 0.283 e. The van der Waals surface area contributed by atoms with E-state index in [1.54, 1.807) is 12.0 Å². The molecule has 1 fully saturated rings. The van der Waals surface area contributed by atoms with Gasteiger partial charge in [0.2, 0.25) is 0 Å². The number of nitrogens with zero attached hydrogens (tertiary/aromatic N) is 2. The molecule has 1 aromatic carbocycles. The molecule has 7 nitrogen and oxygen atoms in total. The van der Waals surface area contributed by atoms with Crippen LogP contribution in [0.4, 0.5) is 5.69 Å². The first-order valence-corrected chi connectivity index (χ1v) is 7.33. The molecule has 0 saturated carbocycles. The normalized spacial score (nSPS) is 20.7. The molecule has 128 valence electrons. The predicted octanol–water partition coefficient (Wildman–Crippen LogP) is 2.25. The van der Waals surface area contributed by atoms with Gasteiger partial charge in [-0.2, -0.15) is 0 Å². The number of hydrogen-bond donors (Lipinski definition) is 1. The maximum atomic E-state index is 12.7. The summed E-state index contributed by atoms with van der Waals surface area (Å²) in [6.07, 6.45) is 1.36. The third kappa shape index (κ3) is 4.32. The van der Waals surface area contributed by atoms with Crippen LogP contribution in [0.5, 0.6) is 0 Å². The number of rotatable bonds is 4. The molecule has 1 saturated heterocycles. The molecule has 2 N–H and O–H groups in total. The van der Waals surface area contributed by atoms with Crippen LogP contribution in [-0.2, 0) is 4.74 Å². The summed E-state index contributed by atoms with van der Waals surface area (Å²) in [7, 11) is 1.62. The topological polar surface area (TPSA) is 98.7 Å². The lowest BCUT2D eigenvalue weighted by Crippen LogP contribution is -2.51. The third-order valence-corrected chi connectivity index (χ3v) is 4.16. The summed E-state index contributed by atoms with van der Waals surface area (Å²) in [6, 6.07) is 3.86. The Bertz CT molecular complexity index is 585. The fraction of sp³-hybridized carbons (Fsp3) is 0.500. The Morgan fingerprint density at radius 3 is 2.83 bits per heavy atom. The van der Waals surface area contributed by atoms with Crippen molar-refractivity contribution >= 4 is 35.6 Å². The van der Waals surface area contributed by atoms with Crippen LogP contribution in [0.15, 0.2) is 18.2 Å². The van der Waals surface area contributed by atoms with Gasteiger partial charge in [0.15, 0.2) is 0 Å². The van der Waals surface area contributed by atoms with Crippen LogP contribution in [0.25, 0.3) is 0 Å². The Morgan fingerprint density at radius 2 is 2.26 bits per heavy atom. The molecule has 9 heteroatoms. The van der Waals surface area contributed by atoms with Gasteiger partial charge in [0, 0.05) is 37.3 Å². The molecule has 0 aromatic heterocycles. The van der Waals surface area contributed by atoms with Crippen molar-refractivity contribution in [2.75, 3.05) is 20.2 Å². The number of nitro groups is 1. The average molecular weight is 364 g/mol. The van der Waals surface area contributed by atoms with Crippen molar-refractivity contribution in [3.05, 3.63) is 38.9 Å². The lowest BCUT2D eigenvalue weighted by atomic mass is 9.98. The van der Waals surface area contributed by atoms with Gasteiger partial charge < -0.3 is 15.4 Å². The molecule has 1 aliphatic rings. The standard InChI is InChI=1S/C14H18ClN3O4.ClH/c1-22-11-4-5-17(10(7-11)8-16)14(19)12-3-2-9(15)6-13(12)18(20)21;/h2-3,6,10-11H,4-5,7-8,16H2,1H3;1H. The molecule has 0 spiro atoms. The van der Waals surface area contributed by atoms with Gasteiger partial charge in [0.05, 0.1) is 11.0 Å². The molecule has 2 unspecified atom stereocenters. The third-order valence-electron chi connectivity index (χ3n) is 3.92. The molecule has 23 heavy (non-hydrogen) atoms. The summed E-state index contributed by atoms with van der Waals surface area (Å²) in [4.78, 5) is 24.8. The second-order valence-electron chi connectivity index (χ2n) is 5.19. The van der Waals surface area contributed by atoms with E-state index >= 15 is 0 Å². The fourth-order valence-corrected chi connectivity index (χ4v) is 2.88. The number of halogens is 2. The quantitative estimate of drug-likeness (QED) is 0.653. The number of nitrogens with two attached hydrogens (primary N) is 1. The molecule has 2 rings (SSSR count). The van der Waals surface area contributed by atoms with Crippen LogP contribution < -0.4 is 5.73 Å². The molecule has 0 bridgehead atoms. The highest BCUT2D eigenvalue weighted by Gasteiger charge is 2.34. The van der Waals surface area contributed by atoms with E-state index in [1.807, 2.05) is 0 Å². The summed E-state index contributed by atoms with van der Waals surface area (Å²) >= 11 is 5.78. The number of benzene rings is 1. The predicted molar refractivity (Wildman–Crippen MR) is 89.3 cm³/mol. The lowest BCUT2D eigenvalue weighted by Gasteiger charge is -2.38. The fourth-order valence-electron chi connectivity index (χ4n) is 2.71. The van der Waals surface area contributed by atoms with Gasteiger partial charge >= 0.3 is 0 Å². The average Bonchev–Trinajstić information content (AvgIpc) is 2.53. The summed E-state index contributed by atoms with van der Waals surface area (Å²) in [5.41, 5.74) is 5.49. The zero-order valence-electron chi connectivity index (χ0n) is 12.6. The van der Waals surface area contributed by atoms with Crippen LogP contribution in [0.3, 0.4) is 0 Å². The van der Waals surface area contributed by atoms with E-state index in [4.69, 9.17) is 22.1 Å². The van der Waals surface area contributed by atoms with E-state index < -0.39 is 10.8 Å². The zero-order valence-corrected chi connectivity index (χ0v) is 14.2. The van der Waals surface area contributed by atoms with E-state index in [2.05, 4.69) is 0 Å². The Morgan fingerprint density at radius 1 is 1.57 bits per heavy atom. The first kappa shape index (κ1) is 19.6. The van der Waals surface area contributed by atoms with Gasteiger partial charge in [0.25, 0.3) is 11.6 Å². The van der Waals surface area contributed by atoms with Crippen molar-refractivity contribution in [1.82, 2.24) is 4.90 Å². The van der Waals surface area contributed by atoms with Gasteiger partial charge in [-0.3, -0.25) is 14.9 Å². The van der Waals surface area contributed by atoms with Gasteiger partial charge in [-0.15, -0.1) is 12.4 Å². The number of methoxy groups -OCH3 is 1. The largest absolute Gasteiger partial charge is 0.381 e. The molecule has 2 atom stereocenters. The van der Waals surface area contributed by atoms with Crippen molar-refractivity contribution in [3.8, 4) is 0 Å².